The van der Waals surface area contributed by atoms with E-state index in [9.17, 15) is 14.4 Å². The molecule has 0 aromatic heterocycles. The van der Waals surface area contributed by atoms with E-state index >= 15 is 0 Å². The first kappa shape index (κ1) is 18.0. The van der Waals surface area contributed by atoms with Gasteiger partial charge in [0.05, 0.1) is 0 Å². The number of carbonyl (C=O) groups is 3. The summed E-state index contributed by atoms with van der Waals surface area (Å²) in [4.78, 5) is 34.9. The second kappa shape index (κ2) is 7.05. The summed E-state index contributed by atoms with van der Waals surface area (Å²) in [5.41, 5.74) is 8.30. The summed E-state index contributed by atoms with van der Waals surface area (Å²) < 4.78 is 0. The van der Waals surface area contributed by atoms with Crippen LogP contribution in [0.15, 0.2) is 84.9 Å². The quantitative estimate of drug-likeness (QED) is 0.363. The Balaban J connectivity index is 1.53. The largest absolute Gasteiger partial charge is 0.298 e. The van der Waals surface area contributed by atoms with Crippen LogP contribution in [0.25, 0.3) is 33.4 Å². The van der Waals surface area contributed by atoms with Gasteiger partial charge in [0.25, 0.3) is 0 Å². The van der Waals surface area contributed by atoms with Crippen molar-refractivity contribution in [2.75, 3.05) is 0 Å². The van der Waals surface area contributed by atoms with Crippen molar-refractivity contribution in [1.82, 2.24) is 0 Å². The van der Waals surface area contributed by atoms with Gasteiger partial charge < -0.3 is 0 Å². The van der Waals surface area contributed by atoms with Gasteiger partial charge in [-0.3, -0.25) is 14.4 Å². The van der Waals surface area contributed by atoms with Crippen LogP contribution in [0, 0.1) is 0 Å². The lowest BCUT2D eigenvalue weighted by Gasteiger charge is -2.06. The number of aldehydes is 2. The lowest BCUT2D eigenvalue weighted by molar-refractivity contribution is 0.104. The van der Waals surface area contributed by atoms with Crippen LogP contribution < -0.4 is 0 Å². The topological polar surface area (TPSA) is 51.2 Å². The zero-order chi connectivity index (χ0) is 20.7. The zero-order valence-corrected chi connectivity index (χ0v) is 16.0. The van der Waals surface area contributed by atoms with Gasteiger partial charge in [-0.1, -0.05) is 72.8 Å². The zero-order valence-electron chi connectivity index (χ0n) is 16.0. The lowest BCUT2D eigenvalue weighted by atomic mass is 9.97. The second-order valence-corrected chi connectivity index (χ2v) is 7.33. The Morgan fingerprint density at radius 1 is 0.433 bits per heavy atom. The molecule has 5 rings (SSSR count). The minimum Gasteiger partial charge on any atom is -0.298 e. The van der Waals surface area contributed by atoms with Gasteiger partial charge in [-0.05, 0) is 45.5 Å². The van der Waals surface area contributed by atoms with Crippen LogP contribution in [0.5, 0.6) is 0 Å². The molecule has 0 fully saturated rings. The molecule has 0 radical (unpaired) electrons. The third-order valence-electron chi connectivity index (χ3n) is 5.58. The first-order chi connectivity index (χ1) is 14.7. The van der Waals surface area contributed by atoms with Gasteiger partial charge in [0.15, 0.2) is 5.78 Å². The van der Waals surface area contributed by atoms with E-state index in [1.807, 2.05) is 60.7 Å². The number of carbonyl (C=O) groups excluding carboxylic acids is 3. The number of rotatable bonds is 4. The molecule has 0 saturated heterocycles. The van der Waals surface area contributed by atoms with Gasteiger partial charge >= 0.3 is 0 Å². The Morgan fingerprint density at radius 3 is 1.17 bits per heavy atom. The molecule has 4 aromatic rings. The highest BCUT2D eigenvalue weighted by Gasteiger charge is 2.27. The number of fused-ring (bicyclic) bond motifs is 3. The fraction of sp³-hybridized carbons (Fsp3) is 0. The fourth-order valence-electron chi connectivity index (χ4n) is 3.95. The monoisotopic (exact) mass is 388 g/mol. The normalized spacial score (nSPS) is 11.7. The van der Waals surface area contributed by atoms with Gasteiger partial charge in [0, 0.05) is 22.3 Å². The van der Waals surface area contributed by atoms with Crippen LogP contribution in [-0.2, 0) is 0 Å². The molecule has 0 heterocycles. The third kappa shape index (κ3) is 2.88. The third-order valence-corrected chi connectivity index (χ3v) is 5.58. The standard InChI is InChI=1S/C27H16O3/c28-15-17-1-5-19(6-2-17)21-9-11-23-24-12-10-22(14-26(24)27(30)25(23)13-21)20-7-3-18(16-29)4-8-20/h1-16H. The Bertz CT molecular complexity index is 1210. The van der Waals surface area contributed by atoms with E-state index in [0.717, 1.165) is 46.0 Å². The van der Waals surface area contributed by atoms with Gasteiger partial charge in [-0.25, -0.2) is 0 Å². The smallest absolute Gasteiger partial charge is 0.194 e. The van der Waals surface area contributed by atoms with Crippen LogP contribution in [0.4, 0.5) is 0 Å². The Kier molecular flexibility index (Phi) is 4.22. The SMILES string of the molecule is O=Cc1ccc(-c2ccc3c(c2)C(=O)c2cc(-c4ccc(C=O)cc4)ccc2-3)cc1. The van der Waals surface area contributed by atoms with Gasteiger partial charge in [-0.2, -0.15) is 0 Å². The van der Waals surface area contributed by atoms with Crippen molar-refractivity contribution in [3.05, 3.63) is 107 Å². The maximum Gasteiger partial charge on any atom is 0.194 e. The van der Waals surface area contributed by atoms with E-state index < -0.39 is 0 Å². The molecule has 142 valence electrons. The summed E-state index contributed by atoms with van der Waals surface area (Å²) in [5.74, 6) is 0.0118. The van der Waals surface area contributed by atoms with Crippen molar-refractivity contribution in [2.45, 2.75) is 0 Å². The molecule has 4 aromatic carbocycles. The maximum absolute atomic E-state index is 13.2. The van der Waals surface area contributed by atoms with Crippen LogP contribution in [-0.4, -0.2) is 18.4 Å². The number of hydrogen-bond acceptors (Lipinski definition) is 3. The van der Waals surface area contributed by atoms with Gasteiger partial charge in [0.2, 0.25) is 0 Å². The summed E-state index contributed by atoms with van der Waals surface area (Å²) in [5, 5.41) is 0. The highest BCUT2D eigenvalue weighted by molar-refractivity contribution is 6.22. The van der Waals surface area contributed by atoms with E-state index in [4.69, 9.17) is 0 Å². The van der Waals surface area contributed by atoms with Crippen LogP contribution in [0.3, 0.4) is 0 Å². The molecular formula is C27H16O3. The summed E-state index contributed by atoms with van der Waals surface area (Å²) in [6.45, 7) is 0. The summed E-state index contributed by atoms with van der Waals surface area (Å²) in [7, 11) is 0. The Labute approximate surface area is 173 Å². The average molecular weight is 388 g/mol. The molecule has 3 nitrogen and oxygen atoms in total. The van der Waals surface area contributed by atoms with Gasteiger partial charge in [0.1, 0.15) is 12.6 Å². The van der Waals surface area contributed by atoms with Crippen molar-refractivity contribution < 1.29 is 14.4 Å². The van der Waals surface area contributed by atoms with E-state index in [1.54, 1.807) is 24.3 Å². The first-order valence-corrected chi connectivity index (χ1v) is 9.62. The van der Waals surface area contributed by atoms with Crippen LogP contribution >= 0.6 is 0 Å². The summed E-state index contributed by atoms with van der Waals surface area (Å²) in [6, 6.07) is 26.5. The molecule has 0 aliphatic heterocycles. The highest BCUT2D eigenvalue weighted by Crippen LogP contribution is 2.40. The predicted octanol–water partition coefficient (Wildman–Crippen LogP) is 5.86. The van der Waals surface area contributed by atoms with Crippen molar-refractivity contribution >= 4 is 18.4 Å². The van der Waals surface area contributed by atoms with E-state index in [-0.39, 0.29) is 5.78 Å². The molecule has 1 aliphatic rings. The molecule has 0 amide bonds. The summed E-state index contributed by atoms with van der Waals surface area (Å²) >= 11 is 0. The predicted molar refractivity (Wildman–Crippen MR) is 117 cm³/mol. The Morgan fingerprint density at radius 2 is 0.800 bits per heavy atom. The van der Waals surface area contributed by atoms with E-state index in [0.29, 0.717) is 22.3 Å². The molecule has 30 heavy (non-hydrogen) atoms. The molecule has 3 heteroatoms. The Hall–Kier alpha value is -4.11. The van der Waals surface area contributed by atoms with Crippen molar-refractivity contribution in [1.29, 1.82) is 0 Å². The van der Waals surface area contributed by atoms with Crippen molar-refractivity contribution in [3.8, 4) is 33.4 Å². The van der Waals surface area contributed by atoms with E-state index in [1.165, 1.54) is 0 Å². The minimum absolute atomic E-state index is 0.0118. The van der Waals surface area contributed by atoms with Gasteiger partial charge in [-0.15, -0.1) is 0 Å². The number of benzene rings is 4. The fourth-order valence-corrected chi connectivity index (χ4v) is 3.95. The maximum atomic E-state index is 13.2. The average Bonchev–Trinajstić information content (AvgIpc) is 3.10. The lowest BCUT2D eigenvalue weighted by Crippen LogP contribution is -1.96. The summed E-state index contributed by atoms with van der Waals surface area (Å²) in [6.07, 6.45) is 1.63. The molecule has 0 saturated carbocycles. The molecule has 0 spiro atoms. The van der Waals surface area contributed by atoms with Crippen molar-refractivity contribution in [2.24, 2.45) is 0 Å². The van der Waals surface area contributed by atoms with Crippen LogP contribution in [0.1, 0.15) is 36.6 Å². The molecule has 0 atom stereocenters. The van der Waals surface area contributed by atoms with E-state index in [2.05, 4.69) is 0 Å². The molecule has 0 bridgehead atoms. The molecule has 0 unspecified atom stereocenters. The number of ketones is 1. The molecule has 0 N–H and O–H groups in total. The highest BCUT2D eigenvalue weighted by atomic mass is 16.1. The second-order valence-electron chi connectivity index (χ2n) is 7.33. The van der Waals surface area contributed by atoms with Crippen LogP contribution in [0.2, 0.25) is 0 Å². The first-order valence-electron chi connectivity index (χ1n) is 9.62. The minimum atomic E-state index is 0.0118. The molecule has 1 aliphatic carbocycles. The molecular weight excluding hydrogens is 372 g/mol. The number of hydrogen-bond donors (Lipinski definition) is 0. The van der Waals surface area contributed by atoms with Crippen molar-refractivity contribution in [3.63, 3.8) is 0 Å².